The van der Waals surface area contributed by atoms with E-state index in [4.69, 9.17) is 10.5 Å². The molecule has 0 saturated carbocycles. The number of methoxy groups -OCH3 is 1. The molecular formula is C11H17NO2S. The van der Waals surface area contributed by atoms with E-state index in [9.17, 15) is 4.21 Å². The van der Waals surface area contributed by atoms with E-state index >= 15 is 0 Å². The fourth-order valence-corrected chi connectivity index (χ4v) is 2.27. The largest absolute Gasteiger partial charge is 0.399 e. The summed E-state index contributed by atoms with van der Waals surface area (Å²) in [6, 6.07) is 7.70. The van der Waals surface area contributed by atoms with E-state index in [-0.39, 0.29) is 0 Å². The van der Waals surface area contributed by atoms with Crippen LogP contribution in [0, 0.1) is 0 Å². The summed E-state index contributed by atoms with van der Waals surface area (Å²) in [5.41, 5.74) is 7.63. The maximum absolute atomic E-state index is 11.5. The van der Waals surface area contributed by atoms with Crippen LogP contribution in [0.5, 0.6) is 0 Å². The zero-order chi connectivity index (χ0) is 11.1. The van der Waals surface area contributed by atoms with Gasteiger partial charge in [0.15, 0.2) is 0 Å². The molecule has 0 aliphatic heterocycles. The van der Waals surface area contributed by atoms with Gasteiger partial charge in [-0.1, -0.05) is 18.2 Å². The van der Waals surface area contributed by atoms with E-state index in [0.717, 1.165) is 17.7 Å². The fourth-order valence-electron chi connectivity index (χ4n) is 1.26. The molecule has 0 radical (unpaired) electrons. The van der Waals surface area contributed by atoms with Crippen LogP contribution in [0.1, 0.15) is 5.56 Å². The lowest BCUT2D eigenvalue weighted by molar-refractivity contribution is 0.218. The van der Waals surface area contributed by atoms with Gasteiger partial charge in [0.25, 0.3) is 0 Å². The number of anilines is 1. The Morgan fingerprint density at radius 1 is 1.33 bits per heavy atom. The Labute approximate surface area is 93.1 Å². The van der Waals surface area contributed by atoms with Crippen LogP contribution in [0.3, 0.4) is 0 Å². The lowest BCUT2D eigenvalue weighted by Gasteiger charge is -2.05. The molecular weight excluding hydrogens is 210 g/mol. The standard InChI is InChI=1S/C11H17NO2S/c1-14-7-9-15(13)8-6-10-4-2-3-5-11(10)12/h2-5H,6-9,12H2,1H3. The molecule has 1 atom stereocenters. The Morgan fingerprint density at radius 2 is 2.07 bits per heavy atom. The van der Waals surface area contributed by atoms with Gasteiger partial charge in [0.1, 0.15) is 0 Å². The van der Waals surface area contributed by atoms with Crippen molar-refractivity contribution in [3.8, 4) is 0 Å². The summed E-state index contributed by atoms with van der Waals surface area (Å²) < 4.78 is 16.3. The molecule has 15 heavy (non-hydrogen) atoms. The number of nitrogen functional groups attached to an aromatic ring is 1. The number of benzene rings is 1. The summed E-state index contributed by atoms with van der Waals surface area (Å²) in [5.74, 6) is 1.25. The third kappa shape index (κ3) is 4.44. The molecule has 1 rings (SSSR count). The van der Waals surface area contributed by atoms with Crippen LogP contribution in [0.2, 0.25) is 0 Å². The first kappa shape index (κ1) is 12.2. The molecule has 0 spiro atoms. The van der Waals surface area contributed by atoms with Crippen molar-refractivity contribution >= 4 is 16.5 Å². The van der Waals surface area contributed by atoms with Crippen molar-refractivity contribution in [1.29, 1.82) is 0 Å². The number of hydrogen-bond donors (Lipinski definition) is 1. The van der Waals surface area contributed by atoms with Crippen LogP contribution in [0.15, 0.2) is 24.3 Å². The van der Waals surface area contributed by atoms with Crippen molar-refractivity contribution in [3.05, 3.63) is 29.8 Å². The first-order valence-corrected chi connectivity index (χ1v) is 6.40. The van der Waals surface area contributed by atoms with Crippen molar-refractivity contribution in [1.82, 2.24) is 0 Å². The SMILES string of the molecule is COCCS(=O)CCc1ccccc1N. The Balaban J connectivity index is 2.37. The van der Waals surface area contributed by atoms with Crippen LogP contribution >= 0.6 is 0 Å². The Bertz CT molecular complexity index is 328. The van der Waals surface area contributed by atoms with Crippen LogP contribution in [0.25, 0.3) is 0 Å². The second-order valence-electron chi connectivity index (χ2n) is 3.29. The summed E-state index contributed by atoms with van der Waals surface area (Å²) >= 11 is 0. The predicted octanol–water partition coefficient (Wildman–Crippen LogP) is 1.21. The van der Waals surface area contributed by atoms with E-state index in [1.54, 1.807) is 7.11 Å². The van der Waals surface area contributed by atoms with Gasteiger partial charge >= 0.3 is 0 Å². The Morgan fingerprint density at radius 3 is 2.73 bits per heavy atom. The van der Waals surface area contributed by atoms with Crippen LogP contribution in [-0.2, 0) is 22.0 Å². The molecule has 0 heterocycles. The first-order chi connectivity index (χ1) is 7.24. The molecule has 0 bridgehead atoms. The molecule has 2 N–H and O–H groups in total. The summed E-state index contributed by atoms with van der Waals surface area (Å²) in [6.07, 6.45) is 0.767. The van der Waals surface area contributed by atoms with Gasteiger partial charge in [-0.15, -0.1) is 0 Å². The smallest absolute Gasteiger partial charge is 0.0577 e. The van der Waals surface area contributed by atoms with Crippen LogP contribution in [0.4, 0.5) is 5.69 Å². The minimum atomic E-state index is -0.809. The number of rotatable bonds is 6. The van der Waals surface area contributed by atoms with Gasteiger partial charge in [-0.05, 0) is 18.1 Å². The molecule has 1 aromatic rings. The quantitative estimate of drug-likeness (QED) is 0.743. The molecule has 1 unspecified atom stereocenters. The summed E-state index contributed by atoms with van der Waals surface area (Å²) in [4.78, 5) is 0. The van der Waals surface area contributed by atoms with Gasteiger partial charge in [0.05, 0.1) is 6.61 Å². The molecule has 84 valence electrons. The maximum Gasteiger partial charge on any atom is 0.0577 e. The zero-order valence-corrected chi connectivity index (χ0v) is 9.76. The van der Waals surface area contributed by atoms with Gasteiger partial charge in [-0.2, -0.15) is 0 Å². The van der Waals surface area contributed by atoms with Crippen LogP contribution < -0.4 is 5.73 Å². The minimum absolute atomic E-state index is 0.552. The molecule has 0 aliphatic rings. The van der Waals surface area contributed by atoms with E-state index in [1.807, 2.05) is 24.3 Å². The van der Waals surface area contributed by atoms with Crippen LogP contribution in [-0.4, -0.2) is 29.4 Å². The summed E-state index contributed by atoms with van der Waals surface area (Å²) in [7, 11) is 0.808. The van der Waals surface area contributed by atoms with Gasteiger partial charge in [-0.3, -0.25) is 4.21 Å². The maximum atomic E-state index is 11.5. The van der Waals surface area contributed by atoms with E-state index in [1.165, 1.54) is 0 Å². The number of hydrogen-bond acceptors (Lipinski definition) is 3. The highest BCUT2D eigenvalue weighted by Crippen LogP contribution is 2.11. The highest BCUT2D eigenvalue weighted by Gasteiger charge is 2.02. The zero-order valence-electron chi connectivity index (χ0n) is 8.94. The summed E-state index contributed by atoms with van der Waals surface area (Å²) in [6.45, 7) is 0.552. The van der Waals surface area contributed by atoms with E-state index in [2.05, 4.69) is 0 Å². The van der Waals surface area contributed by atoms with Crippen molar-refractivity contribution in [2.45, 2.75) is 6.42 Å². The van der Waals surface area contributed by atoms with Gasteiger partial charge in [-0.25, -0.2) is 0 Å². The second kappa shape index (κ2) is 6.58. The molecule has 0 saturated heterocycles. The predicted molar refractivity (Wildman–Crippen MR) is 64.3 cm³/mol. The minimum Gasteiger partial charge on any atom is -0.399 e. The normalized spacial score (nSPS) is 12.6. The third-order valence-corrected chi connectivity index (χ3v) is 3.45. The molecule has 3 nitrogen and oxygen atoms in total. The molecule has 1 aromatic carbocycles. The Hall–Kier alpha value is -0.870. The fraction of sp³-hybridized carbons (Fsp3) is 0.455. The third-order valence-electron chi connectivity index (χ3n) is 2.17. The van der Waals surface area contributed by atoms with Crippen molar-refractivity contribution in [3.63, 3.8) is 0 Å². The molecule has 0 aromatic heterocycles. The number of aryl methyl sites for hydroxylation is 1. The Kier molecular flexibility index (Phi) is 5.36. The number of ether oxygens (including phenoxy) is 1. The topological polar surface area (TPSA) is 52.3 Å². The highest BCUT2D eigenvalue weighted by molar-refractivity contribution is 7.84. The van der Waals surface area contributed by atoms with Gasteiger partial charge in [0, 0.05) is 35.1 Å². The molecule has 0 fully saturated rings. The lowest BCUT2D eigenvalue weighted by atomic mass is 10.1. The highest BCUT2D eigenvalue weighted by atomic mass is 32.2. The van der Waals surface area contributed by atoms with Crippen molar-refractivity contribution in [2.75, 3.05) is 31.0 Å². The van der Waals surface area contributed by atoms with E-state index < -0.39 is 10.8 Å². The average Bonchev–Trinajstić information content (AvgIpc) is 2.25. The van der Waals surface area contributed by atoms with Gasteiger partial charge in [0.2, 0.25) is 0 Å². The molecule has 0 aliphatic carbocycles. The second-order valence-corrected chi connectivity index (χ2v) is 4.99. The first-order valence-electron chi connectivity index (χ1n) is 4.91. The number of nitrogens with two attached hydrogens (primary N) is 1. The van der Waals surface area contributed by atoms with Crippen molar-refractivity contribution < 1.29 is 8.95 Å². The van der Waals surface area contributed by atoms with E-state index in [0.29, 0.717) is 18.1 Å². The average molecular weight is 227 g/mol. The molecule has 4 heteroatoms. The lowest BCUT2D eigenvalue weighted by Crippen LogP contribution is -2.10. The van der Waals surface area contributed by atoms with Crippen molar-refractivity contribution in [2.24, 2.45) is 0 Å². The number of para-hydroxylation sites is 1. The monoisotopic (exact) mass is 227 g/mol. The van der Waals surface area contributed by atoms with Gasteiger partial charge < -0.3 is 10.5 Å². The summed E-state index contributed by atoms with van der Waals surface area (Å²) in [5, 5.41) is 0. The molecule has 0 amide bonds.